The fourth-order valence-electron chi connectivity index (χ4n) is 3.28. The van der Waals surface area contributed by atoms with E-state index in [2.05, 4.69) is 0 Å². The number of ether oxygens (including phenoxy) is 1. The molecule has 0 bridgehead atoms. The van der Waals surface area contributed by atoms with Crippen LogP contribution in [0.1, 0.15) is 37.8 Å². The molecule has 0 atom stereocenters. The van der Waals surface area contributed by atoms with Crippen LogP contribution in [0.25, 0.3) is 0 Å². The van der Waals surface area contributed by atoms with Gasteiger partial charge in [0.2, 0.25) is 0 Å². The van der Waals surface area contributed by atoms with Crippen molar-refractivity contribution in [3.63, 3.8) is 0 Å². The minimum atomic E-state index is -3.71. The van der Waals surface area contributed by atoms with Crippen molar-refractivity contribution in [1.82, 2.24) is 3.97 Å². The molecule has 0 unspecified atom stereocenters. The Morgan fingerprint density at radius 3 is 2.35 bits per heavy atom. The van der Waals surface area contributed by atoms with Crippen molar-refractivity contribution in [2.45, 2.75) is 42.6 Å². The molecule has 0 saturated heterocycles. The van der Waals surface area contributed by atoms with Crippen LogP contribution in [0.3, 0.4) is 0 Å². The van der Waals surface area contributed by atoms with E-state index in [0.717, 1.165) is 19.3 Å². The standard InChI is InChI=1S/C17H19NO4S/c19-14-22-17(11-5-2-6-12-17)16-10-7-13-18(16)23(20,21)15-8-3-1-4-9-15/h1,3-4,7-10,13-14H,2,5-6,11-12H2. The van der Waals surface area contributed by atoms with Crippen molar-refractivity contribution in [1.29, 1.82) is 0 Å². The van der Waals surface area contributed by atoms with E-state index < -0.39 is 15.6 Å². The first-order chi connectivity index (χ1) is 11.1. The maximum Gasteiger partial charge on any atom is 0.294 e. The van der Waals surface area contributed by atoms with Crippen molar-refractivity contribution in [2.24, 2.45) is 0 Å². The van der Waals surface area contributed by atoms with Gasteiger partial charge in [-0.05, 0) is 49.9 Å². The van der Waals surface area contributed by atoms with Crippen LogP contribution in [0, 0.1) is 0 Å². The summed E-state index contributed by atoms with van der Waals surface area (Å²) in [6.07, 6.45) is 5.67. The summed E-state index contributed by atoms with van der Waals surface area (Å²) < 4.78 is 32.5. The van der Waals surface area contributed by atoms with E-state index in [1.807, 2.05) is 0 Å². The van der Waals surface area contributed by atoms with Gasteiger partial charge in [-0.25, -0.2) is 12.4 Å². The highest BCUT2D eigenvalue weighted by atomic mass is 32.2. The molecule has 0 amide bonds. The predicted molar refractivity (Wildman–Crippen MR) is 85.4 cm³/mol. The Kier molecular flexibility index (Phi) is 4.26. The lowest BCUT2D eigenvalue weighted by molar-refractivity contribution is -0.149. The van der Waals surface area contributed by atoms with E-state index in [0.29, 0.717) is 25.0 Å². The number of carbonyl (C=O) groups excluding carboxylic acids is 1. The molecule has 1 aromatic carbocycles. The zero-order valence-electron chi connectivity index (χ0n) is 12.7. The Morgan fingerprint density at radius 1 is 1.00 bits per heavy atom. The van der Waals surface area contributed by atoms with Crippen LogP contribution in [-0.2, 0) is 25.2 Å². The van der Waals surface area contributed by atoms with Crippen molar-refractivity contribution in [3.05, 3.63) is 54.4 Å². The monoisotopic (exact) mass is 333 g/mol. The maximum atomic E-state index is 12.9. The van der Waals surface area contributed by atoms with Crippen LogP contribution in [0.2, 0.25) is 0 Å². The van der Waals surface area contributed by atoms with Crippen LogP contribution in [0.15, 0.2) is 53.6 Å². The molecule has 6 heteroatoms. The lowest BCUT2D eigenvalue weighted by Crippen LogP contribution is -2.35. The van der Waals surface area contributed by atoms with E-state index in [9.17, 15) is 13.2 Å². The van der Waals surface area contributed by atoms with Crippen molar-refractivity contribution >= 4 is 16.5 Å². The van der Waals surface area contributed by atoms with Gasteiger partial charge in [0.25, 0.3) is 16.5 Å². The smallest absolute Gasteiger partial charge is 0.294 e. The maximum absolute atomic E-state index is 12.9. The Morgan fingerprint density at radius 2 is 1.70 bits per heavy atom. The molecule has 0 N–H and O–H groups in total. The largest absolute Gasteiger partial charge is 0.455 e. The third kappa shape index (κ3) is 2.79. The summed E-state index contributed by atoms with van der Waals surface area (Å²) in [6.45, 7) is 0.428. The zero-order chi connectivity index (χ0) is 16.3. The Balaban J connectivity index is 2.10. The van der Waals surface area contributed by atoms with Gasteiger partial charge in [0.1, 0.15) is 0 Å². The van der Waals surface area contributed by atoms with E-state index in [1.165, 1.54) is 10.2 Å². The minimum absolute atomic E-state index is 0.217. The van der Waals surface area contributed by atoms with Gasteiger partial charge >= 0.3 is 0 Å². The first-order valence-corrected chi connectivity index (χ1v) is 9.14. The van der Waals surface area contributed by atoms with Gasteiger partial charge in [0.15, 0.2) is 5.60 Å². The molecule has 0 aliphatic heterocycles. The molecule has 23 heavy (non-hydrogen) atoms. The lowest BCUT2D eigenvalue weighted by atomic mass is 9.82. The molecule has 1 fully saturated rings. The Hall–Kier alpha value is -2.08. The highest BCUT2D eigenvalue weighted by Crippen LogP contribution is 2.41. The predicted octanol–water partition coefficient (Wildman–Crippen LogP) is 3.06. The number of carbonyl (C=O) groups is 1. The quantitative estimate of drug-likeness (QED) is 0.789. The molecular formula is C17H19NO4S. The third-order valence-electron chi connectivity index (χ3n) is 4.41. The Bertz CT molecular complexity index is 774. The minimum Gasteiger partial charge on any atom is -0.455 e. The van der Waals surface area contributed by atoms with Gasteiger partial charge in [0, 0.05) is 6.20 Å². The molecule has 3 rings (SSSR count). The summed E-state index contributed by atoms with van der Waals surface area (Å²) >= 11 is 0. The van der Waals surface area contributed by atoms with E-state index >= 15 is 0 Å². The number of benzene rings is 1. The number of nitrogens with zero attached hydrogens (tertiary/aromatic N) is 1. The second-order valence-electron chi connectivity index (χ2n) is 5.78. The van der Waals surface area contributed by atoms with Crippen LogP contribution in [0.5, 0.6) is 0 Å². The summed E-state index contributed by atoms with van der Waals surface area (Å²) in [5, 5.41) is 0. The lowest BCUT2D eigenvalue weighted by Gasteiger charge is -2.36. The summed E-state index contributed by atoms with van der Waals surface area (Å²) in [7, 11) is -3.71. The normalized spacial score (nSPS) is 17.6. The second-order valence-corrected chi connectivity index (χ2v) is 7.59. The van der Waals surface area contributed by atoms with Gasteiger partial charge in [-0.1, -0.05) is 24.6 Å². The van der Waals surface area contributed by atoms with E-state index in [-0.39, 0.29) is 4.90 Å². The van der Waals surface area contributed by atoms with Crippen LogP contribution in [0.4, 0.5) is 0 Å². The highest BCUT2D eigenvalue weighted by molar-refractivity contribution is 7.90. The fraction of sp³-hybridized carbons (Fsp3) is 0.353. The summed E-state index contributed by atoms with van der Waals surface area (Å²) in [6, 6.07) is 11.7. The van der Waals surface area contributed by atoms with Crippen LogP contribution in [-0.4, -0.2) is 18.9 Å². The van der Waals surface area contributed by atoms with E-state index in [1.54, 1.807) is 42.5 Å². The van der Waals surface area contributed by atoms with Gasteiger partial charge in [-0.2, -0.15) is 0 Å². The fourth-order valence-corrected chi connectivity index (χ4v) is 4.73. The number of aromatic nitrogens is 1. The first kappa shape index (κ1) is 15.8. The second kappa shape index (κ2) is 6.20. The molecule has 122 valence electrons. The van der Waals surface area contributed by atoms with Gasteiger partial charge in [-0.3, -0.25) is 4.79 Å². The first-order valence-electron chi connectivity index (χ1n) is 7.70. The third-order valence-corrected chi connectivity index (χ3v) is 6.12. The summed E-state index contributed by atoms with van der Waals surface area (Å²) in [5.41, 5.74) is -0.334. The SMILES string of the molecule is O=COC1(c2cccn2S(=O)(=O)c2ccccc2)CCCCC1. The van der Waals surface area contributed by atoms with Crippen molar-refractivity contribution in [3.8, 4) is 0 Å². The summed E-state index contributed by atoms with van der Waals surface area (Å²) in [4.78, 5) is 11.2. The van der Waals surface area contributed by atoms with Gasteiger partial charge in [0.05, 0.1) is 10.6 Å². The van der Waals surface area contributed by atoms with E-state index in [4.69, 9.17) is 4.74 Å². The van der Waals surface area contributed by atoms with Crippen LogP contribution < -0.4 is 0 Å². The molecule has 1 heterocycles. The number of hydrogen-bond acceptors (Lipinski definition) is 4. The molecule has 2 aromatic rings. The molecule has 1 aliphatic carbocycles. The molecular weight excluding hydrogens is 314 g/mol. The molecule has 0 spiro atoms. The van der Waals surface area contributed by atoms with Crippen LogP contribution >= 0.6 is 0 Å². The summed E-state index contributed by atoms with van der Waals surface area (Å²) in [5.74, 6) is 0. The Labute approximate surface area is 135 Å². The topological polar surface area (TPSA) is 65.4 Å². The molecule has 1 aliphatic rings. The van der Waals surface area contributed by atoms with Crippen molar-refractivity contribution < 1.29 is 17.9 Å². The average Bonchev–Trinajstić information content (AvgIpc) is 3.08. The zero-order valence-corrected chi connectivity index (χ0v) is 13.5. The number of hydrogen-bond donors (Lipinski definition) is 0. The van der Waals surface area contributed by atoms with Crippen molar-refractivity contribution in [2.75, 3.05) is 0 Å². The number of rotatable bonds is 5. The van der Waals surface area contributed by atoms with Gasteiger partial charge in [-0.15, -0.1) is 0 Å². The molecule has 0 radical (unpaired) electrons. The highest BCUT2D eigenvalue weighted by Gasteiger charge is 2.40. The van der Waals surface area contributed by atoms with Gasteiger partial charge < -0.3 is 4.74 Å². The molecule has 1 saturated carbocycles. The molecule has 1 aromatic heterocycles. The average molecular weight is 333 g/mol. The molecule has 5 nitrogen and oxygen atoms in total.